The topological polar surface area (TPSA) is 68.5 Å². The third-order valence-electron chi connectivity index (χ3n) is 3.69. The molecule has 0 spiro atoms. The van der Waals surface area contributed by atoms with Gasteiger partial charge in [0.15, 0.2) is 11.2 Å². The lowest BCUT2D eigenvalue weighted by Crippen LogP contribution is -2.16. The molecule has 2 aromatic carbocycles. The van der Waals surface area contributed by atoms with Gasteiger partial charge in [-0.2, -0.15) is 13.2 Å². The summed E-state index contributed by atoms with van der Waals surface area (Å²) in [6.07, 6.45) is -4.68. The van der Waals surface area contributed by atoms with Gasteiger partial charge in [-0.25, -0.2) is 0 Å². The van der Waals surface area contributed by atoms with E-state index >= 15 is 0 Å². The van der Waals surface area contributed by atoms with Crippen LogP contribution in [0, 0.1) is 0 Å². The van der Waals surface area contributed by atoms with Crippen LogP contribution < -0.4 is 15.5 Å². The molecule has 0 bridgehead atoms. The summed E-state index contributed by atoms with van der Waals surface area (Å²) < 4.78 is 49.2. The zero-order valence-corrected chi connectivity index (χ0v) is 14.4. The minimum atomic E-state index is -4.68. The number of hydrogen-bond acceptors (Lipinski definition) is 4. The number of amides is 1. The van der Waals surface area contributed by atoms with Gasteiger partial charge in [-0.1, -0.05) is 11.6 Å². The number of hydrogen-bond donors (Lipinski definition) is 1. The largest absolute Gasteiger partial charge is 0.497 e. The fourth-order valence-electron chi connectivity index (χ4n) is 2.39. The first-order valence-corrected chi connectivity index (χ1v) is 7.87. The average molecular weight is 398 g/mol. The maximum atomic E-state index is 12.9. The molecule has 0 fully saturated rings. The molecule has 0 unspecified atom stereocenters. The number of alkyl halides is 3. The maximum absolute atomic E-state index is 12.9. The Morgan fingerprint density at radius 2 is 1.89 bits per heavy atom. The lowest BCUT2D eigenvalue weighted by atomic mass is 10.2. The molecule has 140 valence electrons. The van der Waals surface area contributed by atoms with Crippen molar-refractivity contribution in [2.45, 2.75) is 6.18 Å². The van der Waals surface area contributed by atoms with Gasteiger partial charge in [0, 0.05) is 17.8 Å². The van der Waals surface area contributed by atoms with Crippen molar-refractivity contribution in [1.82, 2.24) is 0 Å². The van der Waals surface area contributed by atoms with Crippen LogP contribution in [0.5, 0.6) is 5.75 Å². The molecular formula is C18H11ClF3NO4. The standard InChI is InChI=1S/C18H11ClF3NO4/c1-26-10-3-4-11-14(24)8-16(27-15(11)7-10)17(25)23-9-2-5-13(19)12(6-9)18(20,21)22/h2-8H,1H3,(H,23,25). The van der Waals surface area contributed by atoms with E-state index in [0.29, 0.717) is 11.8 Å². The fourth-order valence-corrected chi connectivity index (χ4v) is 2.61. The van der Waals surface area contributed by atoms with Crippen LogP contribution in [0.1, 0.15) is 16.1 Å². The van der Waals surface area contributed by atoms with Gasteiger partial charge in [0.1, 0.15) is 11.3 Å². The Kier molecular flexibility index (Phi) is 4.84. The minimum Gasteiger partial charge on any atom is -0.497 e. The highest BCUT2D eigenvalue weighted by Gasteiger charge is 2.33. The molecule has 27 heavy (non-hydrogen) atoms. The third kappa shape index (κ3) is 3.90. The Labute approximate surface area is 155 Å². The molecule has 5 nitrogen and oxygen atoms in total. The molecule has 1 aromatic heterocycles. The Bertz CT molecular complexity index is 1090. The van der Waals surface area contributed by atoms with Gasteiger partial charge in [0.25, 0.3) is 5.91 Å². The van der Waals surface area contributed by atoms with Crippen LogP contribution in [0.2, 0.25) is 5.02 Å². The molecule has 0 aliphatic rings. The number of anilines is 1. The molecule has 3 rings (SSSR count). The van der Waals surface area contributed by atoms with Gasteiger partial charge in [-0.3, -0.25) is 9.59 Å². The predicted molar refractivity (Wildman–Crippen MR) is 93.4 cm³/mol. The van der Waals surface area contributed by atoms with Crippen molar-refractivity contribution in [3.63, 3.8) is 0 Å². The molecule has 1 amide bonds. The monoisotopic (exact) mass is 397 g/mol. The van der Waals surface area contributed by atoms with Gasteiger partial charge in [0.05, 0.1) is 23.1 Å². The average Bonchev–Trinajstić information content (AvgIpc) is 2.61. The number of halogens is 4. The molecular weight excluding hydrogens is 387 g/mol. The Balaban J connectivity index is 1.96. The van der Waals surface area contributed by atoms with Crippen LogP contribution in [-0.4, -0.2) is 13.0 Å². The number of nitrogens with one attached hydrogen (secondary N) is 1. The van der Waals surface area contributed by atoms with E-state index in [1.54, 1.807) is 6.07 Å². The van der Waals surface area contributed by atoms with E-state index in [9.17, 15) is 22.8 Å². The number of ether oxygens (including phenoxy) is 1. The highest BCUT2D eigenvalue weighted by molar-refractivity contribution is 6.31. The first-order chi connectivity index (χ1) is 12.7. The molecule has 3 aromatic rings. The fraction of sp³-hybridized carbons (Fsp3) is 0.111. The molecule has 0 aliphatic heterocycles. The van der Waals surface area contributed by atoms with Crippen LogP contribution in [0.4, 0.5) is 18.9 Å². The van der Waals surface area contributed by atoms with Crippen molar-refractivity contribution in [3.05, 3.63) is 69.0 Å². The molecule has 0 aliphatic carbocycles. The van der Waals surface area contributed by atoms with Crippen molar-refractivity contribution >= 4 is 34.2 Å². The molecule has 1 N–H and O–H groups in total. The van der Waals surface area contributed by atoms with E-state index in [-0.39, 0.29) is 22.4 Å². The van der Waals surface area contributed by atoms with Gasteiger partial charge in [0.2, 0.25) is 0 Å². The zero-order chi connectivity index (χ0) is 19.8. The number of rotatable bonds is 3. The number of fused-ring (bicyclic) bond motifs is 1. The summed E-state index contributed by atoms with van der Waals surface area (Å²) in [5.41, 5.74) is -1.60. The molecule has 0 radical (unpaired) electrons. The van der Waals surface area contributed by atoms with Crippen molar-refractivity contribution in [2.24, 2.45) is 0 Å². The summed E-state index contributed by atoms with van der Waals surface area (Å²) >= 11 is 5.54. The van der Waals surface area contributed by atoms with E-state index in [0.717, 1.165) is 12.1 Å². The quantitative estimate of drug-likeness (QED) is 0.694. The van der Waals surface area contributed by atoms with Crippen LogP contribution in [0.3, 0.4) is 0 Å². The van der Waals surface area contributed by atoms with E-state index in [1.807, 2.05) is 0 Å². The van der Waals surface area contributed by atoms with Gasteiger partial charge in [-0.05, 0) is 30.3 Å². The lowest BCUT2D eigenvalue weighted by Gasteiger charge is -2.11. The van der Waals surface area contributed by atoms with E-state index < -0.39 is 28.1 Å². The number of methoxy groups -OCH3 is 1. The van der Waals surface area contributed by atoms with E-state index in [4.69, 9.17) is 20.8 Å². The van der Waals surface area contributed by atoms with Crippen molar-refractivity contribution in [2.75, 3.05) is 12.4 Å². The highest BCUT2D eigenvalue weighted by Crippen LogP contribution is 2.36. The van der Waals surface area contributed by atoms with Crippen molar-refractivity contribution < 1.29 is 27.1 Å². The molecule has 0 atom stereocenters. The summed E-state index contributed by atoms with van der Waals surface area (Å²) in [5, 5.41) is 2.00. The molecule has 9 heteroatoms. The van der Waals surface area contributed by atoms with Crippen LogP contribution in [0.15, 0.2) is 51.7 Å². The Morgan fingerprint density at radius 1 is 1.15 bits per heavy atom. The highest BCUT2D eigenvalue weighted by atomic mass is 35.5. The molecule has 0 saturated carbocycles. The van der Waals surface area contributed by atoms with E-state index in [2.05, 4.69) is 5.32 Å². The number of carbonyl (C=O) groups is 1. The lowest BCUT2D eigenvalue weighted by molar-refractivity contribution is -0.137. The molecule has 1 heterocycles. The van der Waals surface area contributed by atoms with Gasteiger partial charge in [-0.15, -0.1) is 0 Å². The van der Waals surface area contributed by atoms with Crippen LogP contribution in [0.25, 0.3) is 11.0 Å². The smallest absolute Gasteiger partial charge is 0.417 e. The summed E-state index contributed by atoms with van der Waals surface area (Å²) in [5.74, 6) is -0.827. The van der Waals surface area contributed by atoms with Crippen LogP contribution >= 0.6 is 11.6 Å². The zero-order valence-electron chi connectivity index (χ0n) is 13.7. The third-order valence-corrected chi connectivity index (χ3v) is 4.02. The number of benzene rings is 2. The second-order valence-corrected chi connectivity index (χ2v) is 5.89. The minimum absolute atomic E-state index is 0.110. The Hall–Kier alpha value is -3.00. The molecule has 0 saturated heterocycles. The van der Waals surface area contributed by atoms with Crippen LogP contribution in [-0.2, 0) is 6.18 Å². The first kappa shape index (κ1) is 18.8. The van der Waals surface area contributed by atoms with Gasteiger partial charge >= 0.3 is 6.18 Å². The number of carbonyl (C=O) groups excluding carboxylic acids is 1. The predicted octanol–water partition coefficient (Wildman–Crippen LogP) is 4.73. The maximum Gasteiger partial charge on any atom is 0.417 e. The summed E-state index contributed by atoms with van der Waals surface area (Å²) in [6, 6.07) is 8.35. The second-order valence-electron chi connectivity index (χ2n) is 5.48. The normalized spacial score (nSPS) is 11.4. The first-order valence-electron chi connectivity index (χ1n) is 7.49. The SMILES string of the molecule is COc1ccc2c(=O)cc(C(=O)Nc3ccc(Cl)c(C(F)(F)F)c3)oc2c1. The second kappa shape index (κ2) is 6.96. The van der Waals surface area contributed by atoms with Crippen molar-refractivity contribution in [3.8, 4) is 5.75 Å². The summed E-state index contributed by atoms with van der Waals surface area (Å²) in [6.45, 7) is 0. The Morgan fingerprint density at radius 3 is 2.56 bits per heavy atom. The summed E-state index contributed by atoms with van der Waals surface area (Å²) in [7, 11) is 1.43. The summed E-state index contributed by atoms with van der Waals surface area (Å²) in [4.78, 5) is 24.5. The van der Waals surface area contributed by atoms with Crippen molar-refractivity contribution in [1.29, 1.82) is 0 Å². The van der Waals surface area contributed by atoms with Gasteiger partial charge < -0.3 is 14.5 Å². The van der Waals surface area contributed by atoms with E-state index in [1.165, 1.54) is 25.3 Å².